The van der Waals surface area contributed by atoms with Crippen LogP contribution in [0.1, 0.15) is 6.42 Å². The molecule has 0 aromatic rings. The van der Waals surface area contributed by atoms with Crippen molar-refractivity contribution in [2.45, 2.75) is 18.6 Å². The SMILES string of the molecule is FC1(F)C=CCC(F)(F)O1. The number of hydrogen-bond acceptors (Lipinski definition) is 1. The van der Waals surface area contributed by atoms with Crippen LogP contribution < -0.4 is 0 Å². The van der Waals surface area contributed by atoms with Gasteiger partial charge in [-0.1, -0.05) is 6.08 Å². The first-order chi connectivity index (χ1) is 4.41. The summed E-state index contributed by atoms with van der Waals surface area (Å²) in [4.78, 5) is 0. The zero-order chi connectivity index (χ0) is 7.83. The summed E-state index contributed by atoms with van der Waals surface area (Å²) >= 11 is 0. The molecule has 0 unspecified atom stereocenters. The van der Waals surface area contributed by atoms with E-state index in [-0.39, 0.29) is 0 Å². The van der Waals surface area contributed by atoms with Crippen LogP contribution in [0.15, 0.2) is 12.2 Å². The highest BCUT2D eigenvalue weighted by atomic mass is 19.3. The molecule has 1 aliphatic heterocycles. The number of rotatable bonds is 0. The summed E-state index contributed by atoms with van der Waals surface area (Å²) in [5.74, 6) is 0. The van der Waals surface area contributed by atoms with Crippen LogP contribution in [0.3, 0.4) is 0 Å². The summed E-state index contributed by atoms with van der Waals surface area (Å²) in [5.41, 5.74) is 0. The fraction of sp³-hybridized carbons (Fsp3) is 0.600. The van der Waals surface area contributed by atoms with E-state index in [0.717, 1.165) is 0 Å². The molecule has 1 heterocycles. The molecule has 1 aliphatic rings. The molecule has 0 atom stereocenters. The van der Waals surface area contributed by atoms with Crippen molar-refractivity contribution in [2.24, 2.45) is 0 Å². The Bertz CT molecular complexity index is 163. The van der Waals surface area contributed by atoms with Gasteiger partial charge in [0.25, 0.3) is 0 Å². The van der Waals surface area contributed by atoms with E-state index in [2.05, 4.69) is 4.74 Å². The second-order valence-corrected chi connectivity index (χ2v) is 1.91. The molecule has 0 radical (unpaired) electrons. The largest absolute Gasteiger partial charge is 0.380 e. The summed E-state index contributed by atoms with van der Waals surface area (Å²) in [6.07, 6.45) is -7.32. The third-order valence-electron chi connectivity index (χ3n) is 0.953. The van der Waals surface area contributed by atoms with E-state index in [9.17, 15) is 17.6 Å². The Hall–Kier alpha value is -0.580. The van der Waals surface area contributed by atoms with E-state index >= 15 is 0 Å². The average Bonchev–Trinajstić information content (AvgIpc) is 1.56. The molecule has 5 heteroatoms. The van der Waals surface area contributed by atoms with Crippen molar-refractivity contribution in [3.05, 3.63) is 12.2 Å². The van der Waals surface area contributed by atoms with E-state index < -0.39 is 18.6 Å². The first-order valence-corrected chi connectivity index (χ1v) is 2.55. The molecular weight excluding hydrogens is 152 g/mol. The summed E-state index contributed by atoms with van der Waals surface area (Å²) in [7, 11) is 0. The molecule has 0 bridgehead atoms. The smallest absolute Gasteiger partial charge is 0.251 e. The molecule has 0 saturated carbocycles. The Morgan fingerprint density at radius 1 is 1.20 bits per heavy atom. The maximum atomic E-state index is 11.9. The molecule has 1 nitrogen and oxygen atoms in total. The minimum absolute atomic E-state index is 0.310. The first kappa shape index (κ1) is 7.53. The Balaban J connectivity index is 2.73. The van der Waals surface area contributed by atoms with Crippen molar-refractivity contribution in [3.8, 4) is 0 Å². The highest BCUT2D eigenvalue weighted by Gasteiger charge is 2.44. The van der Waals surface area contributed by atoms with E-state index in [0.29, 0.717) is 12.2 Å². The maximum absolute atomic E-state index is 11.9. The summed E-state index contributed by atoms with van der Waals surface area (Å²) < 4.78 is 50.8. The molecule has 0 aromatic heterocycles. The minimum atomic E-state index is -3.82. The van der Waals surface area contributed by atoms with Gasteiger partial charge in [-0.25, -0.2) is 0 Å². The molecule has 0 spiro atoms. The molecule has 1 rings (SSSR count). The lowest BCUT2D eigenvalue weighted by atomic mass is 10.3. The van der Waals surface area contributed by atoms with Gasteiger partial charge in [-0.05, 0) is 0 Å². The Morgan fingerprint density at radius 3 is 2.10 bits per heavy atom. The van der Waals surface area contributed by atoms with Crippen LogP contribution in [0.4, 0.5) is 17.6 Å². The number of hydrogen-bond donors (Lipinski definition) is 0. The Morgan fingerprint density at radius 2 is 1.80 bits per heavy atom. The third-order valence-corrected chi connectivity index (χ3v) is 0.953. The Labute approximate surface area is 54.3 Å². The predicted octanol–water partition coefficient (Wildman–Crippen LogP) is 2.15. The molecule has 0 aromatic carbocycles. The molecule has 0 fully saturated rings. The van der Waals surface area contributed by atoms with Gasteiger partial charge in [-0.15, -0.1) is 0 Å². The second-order valence-electron chi connectivity index (χ2n) is 1.91. The van der Waals surface area contributed by atoms with Crippen molar-refractivity contribution < 1.29 is 22.3 Å². The predicted molar refractivity (Wildman–Crippen MR) is 24.7 cm³/mol. The van der Waals surface area contributed by atoms with Crippen LogP contribution in [-0.4, -0.2) is 12.2 Å². The fourth-order valence-electron chi connectivity index (χ4n) is 0.608. The van der Waals surface area contributed by atoms with Gasteiger partial charge in [0.1, 0.15) is 0 Å². The van der Waals surface area contributed by atoms with Gasteiger partial charge < -0.3 is 0 Å². The molecule has 58 valence electrons. The van der Waals surface area contributed by atoms with Crippen molar-refractivity contribution in [2.75, 3.05) is 0 Å². The topological polar surface area (TPSA) is 9.23 Å². The molecule has 0 N–H and O–H groups in total. The van der Waals surface area contributed by atoms with E-state index in [1.54, 1.807) is 0 Å². The van der Waals surface area contributed by atoms with Crippen molar-refractivity contribution in [1.29, 1.82) is 0 Å². The van der Waals surface area contributed by atoms with Crippen LogP contribution in [0.2, 0.25) is 0 Å². The monoisotopic (exact) mass is 156 g/mol. The highest BCUT2D eigenvalue weighted by Crippen LogP contribution is 2.34. The molecular formula is C5H4F4O. The van der Waals surface area contributed by atoms with Crippen LogP contribution in [0.25, 0.3) is 0 Å². The number of halogens is 4. The number of ether oxygens (including phenoxy) is 1. The number of alkyl halides is 4. The van der Waals surface area contributed by atoms with Crippen LogP contribution in [0, 0.1) is 0 Å². The zero-order valence-corrected chi connectivity index (χ0v) is 4.78. The van der Waals surface area contributed by atoms with E-state index in [1.807, 2.05) is 0 Å². The normalized spacial score (nSPS) is 28.4. The summed E-state index contributed by atoms with van der Waals surface area (Å²) in [6, 6.07) is 0. The van der Waals surface area contributed by atoms with Gasteiger partial charge >= 0.3 is 12.2 Å². The minimum Gasteiger partial charge on any atom is -0.251 e. The molecule has 10 heavy (non-hydrogen) atoms. The fourth-order valence-corrected chi connectivity index (χ4v) is 0.608. The highest BCUT2D eigenvalue weighted by molar-refractivity contribution is 4.95. The first-order valence-electron chi connectivity index (χ1n) is 2.55. The van der Waals surface area contributed by atoms with Gasteiger partial charge in [0, 0.05) is 6.08 Å². The molecule has 0 aliphatic carbocycles. The lowest BCUT2D eigenvalue weighted by Gasteiger charge is -2.23. The van der Waals surface area contributed by atoms with Crippen LogP contribution in [0.5, 0.6) is 0 Å². The van der Waals surface area contributed by atoms with E-state index in [4.69, 9.17) is 0 Å². The van der Waals surface area contributed by atoms with Crippen molar-refractivity contribution in [1.82, 2.24) is 0 Å². The standard InChI is InChI=1S/C5H4F4O/c6-4(7)2-1-3-5(8,9)10-4/h1-2H,3H2. The molecule has 0 saturated heterocycles. The lowest BCUT2D eigenvalue weighted by molar-refractivity contribution is -0.359. The summed E-state index contributed by atoms with van der Waals surface area (Å²) in [5, 5.41) is 0. The molecule has 0 amide bonds. The van der Waals surface area contributed by atoms with Crippen LogP contribution >= 0.6 is 0 Å². The zero-order valence-electron chi connectivity index (χ0n) is 4.78. The quantitative estimate of drug-likeness (QED) is 0.385. The summed E-state index contributed by atoms with van der Waals surface area (Å²) in [6.45, 7) is 0. The third kappa shape index (κ3) is 1.70. The lowest BCUT2D eigenvalue weighted by Crippen LogP contribution is -2.34. The Kier molecular flexibility index (Phi) is 1.47. The van der Waals surface area contributed by atoms with Gasteiger partial charge in [0.05, 0.1) is 6.42 Å². The maximum Gasteiger partial charge on any atom is 0.380 e. The van der Waals surface area contributed by atoms with E-state index in [1.165, 1.54) is 0 Å². The second kappa shape index (κ2) is 1.95. The van der Waals surface area contributed by atoms with Gasteiger partial charge in [0.2, 0.25) is 0 Å². The van der Waals surface area contributed by atoms with Gasteiger partial charge in [-0.3, -0.25) is 4.74 Å². The van der Waals surface area contributed by atoms with Crippen molar-refractivity contribution in [3.63, 3.8) is 0 Å². The van der Waals surface area contributed by atoms with Crippen molar-refractivity contribution >= 4 is 0 Å². The van der Waals surface area contributed by atoms with Gasteiger partial charge in [-0.2, -0.15) is 17.6 Å². The van der Waals surface area contributed by atoms with Crippen LogP contribution in [-0.2, 0) is 4.74 Å². The van der Waals surface area contributed by atoms with Gasteiger partial charge in [0.15, 0.2) is 0 Å². The average molecular weight is 156 g/mol.